The van der Waals surface area contributed by atoms with Crippen LogP contribution >= 0.6 is 27.3 Å². The first-order valence-corrected chi connectivity index (χ1v) is 13.6. The van der Waals surface area contributed by atoms with Gasteiger partial charge in [0.1, 0.15) is 0 Å². The van der Waals surface area contributed by atoms with Crippen molar-refractivity contribution in [2.24, 2.45) is 0 Å². The molecule has 2 heterocycles. The summed E-state index contributed by atoms with van der Waals surface area (Å²) in [7, 11) is -3.56. The lowest BCUT2D eigenvalue weighted by Gasteiger charge is -2.35. The summed E-state index contributed by atoms with van der Waals surface area (Å²) in [5.74, 6) is -2.51. The molecule has 1 aromatic carbocycles. The van der Waals surface area contributed by atoms with Crippen LogP contribution in [0.1, 0.15) is 35.9 Å². The molecule has 1 aromatic heterocycles. The van der Waals surface area contributed by atoms with Gasteiger partial charge in [0, 0.05) is 6.04 Å². The Labute approximate surface area is 204 Å². The second-order valence-corrected chi connectivity index (χ2v) is 11.3. The van der Waals surface area contributed by atoms with Crippen LogP contribution in [-0.4, -0.2) is 62.1 Å². The highest BCUT2D eigenvalue weighted by Crippen LogP contribution is 2.46. The Morgan fingerprint density at radius 3 is 2.58 bits per heavy atom. The third-order valence-corrected chi connectivity index (χ3v) is 9.37. The number of nitrogens with one attached hydrogen (secondary N) is 1. The number of carboxylic acids is 2. The molecular weight excluding hydrogens is 536 g/mol. The molecule has 1 saturated heterocycles. The van der Waals surface area contributed by atoms with Crippen LogP contribution in [0.15, 0.2) is 28.7 Å². The monoisotopic (exact) mass is 560 g/mol. The Morgan fingerprint density at radius 1 is 1.27 bits per heavy atom. The normalized spacial score (nSPS) is 14.7. The molecule has 0 spiro atoms. The number of hydrogen-bond acceptors (Lipinski definition) is 7. The van der Waals surface area contributed by atoms with E-state index in [-0.39, 0.29) is 22.4 Å². The van der Waals surface area contributed by atoms with E-state index in [0.29, 0.717) is 39.9 Å². The van der Waals surface area contributed by atoms with Crippen molar-refractivity contribution in [3.8, 4) is 16.2 Å². The molecule has 0 bridgehead atoms. The predicted molar refractivity (Wildman–Crippen MR) is 130 cm³/mol. The topological polar surface area (TPSA) is 133 Å². The van der Waals surface area contributed by atoms with E-state index < -0.39 is 28.6 Å². The number of benzene rings is 1. The molecular formula is C21H25BrN2O7S2. The molecule has 0 saturated carbocycles. The molecule has 0 radical (unpaired) electrons. The quantitative estimate of drug-likeness (QED) is 0.401. The molecule has 9 nitrogen and oxygen atoms in total. The van der Waals surface area contributed by atoms with Crippen molar-refractivity contribution in [1.29, 1.82) is 0 Å². The zero-order valence-corrected chi connectivity index (χ0v) is 21.1. The first-order chi connectivity index (χ1) is 15.7. The van der Waals surface area contributed by atoms with Gasteiger partial charge in [0.2, 0.25) is 10.0 Å². The van der Waals surface area contributed by atoms with Gasteiger partial charge < -0.3 is 20.3 Å². The molecule has 0 unspecified atom stereocenters. The maximum absolute atomic E-state index is 13.2. The molecule has 1 fully saturated rings. The van der Waals surface area contributed by atoms with Gasteiger partial charge in [0.05, 0.1) is 20.8 Å². The predicted octanol–water partition coefficient (Wildman–Crippen LogP) is 3.64. The summed E-state index contributed by atoms with van der Waals surface area (Å²) in [5.41, 5.74) is 1.11. The minimum atomic E-state index is -3.56. The van der Waals surface area contributed by atoms with E-state index in [1.165, 1.54) is 4.31 Å². The van der Waals surface area contributed by atoms with Crippen molar-refractivity contribution in [2.45, 2.75) is 32.2 Å². The lowest BCUT2D eigenvalue weighted by Crippen LogP contribution is -2.47. The first kappa shape index (κ1) is 25.5. The summed E-state index contributed by atoms with van der Waals surface area (Å²) < 4.78 is 33.4. The van der Waals surface area contributed by atoms with Crippen molar-refractivity contribution in [3.63, 3.8) is 0 Å². The molecule has 0 amide bonds. The number of carboxylic acid groups (broad SMARTS) is 2. The number of halogens is 1. The number of aromatic carboxylic acids is 1. The number of piperidine rings is 1. The summed E-state index contributed by atoms with van der Waals surface area (Å²) in [6, 6.07) is 6.76. The van der Waals surface area contributed by atoms with E-state index in [1.807, 2.05) is 6.92 Å². The lowest BCUT2D eigenvalue weighted by molar-refractivity contribution is -0.139. The number of anilines is 1. The zero-order valence-electron chi connectivity index (χ0n) is 17.9. The third-order valence-electron chi connectivity index (χ3n) is 5.11. The van der Waals surface area contributed by atoms with E-state index in [4.69, 9.17) is 9.84 Å². The van der Waals surface area contributed by atoms with Crippen LogP contribution in [0.4, 0.5) is 5.69 Å². The molecule has 180 valence electrons. The maximum Gasteiger partial charge on any atom is 0.349 e. The minimum absolute atomic E-state index is 0.0280. The maximum atomic E-state index is 13.2. The lowest BCUT2D eigenvalue weighted by atomic mass is 10.1. The number of ether oxygens (including phenoxy) is 1. The molecule has 0 atom stereocenters. The minimum Gasteiger partial charge on any atom is -0.479 e. The number of thiophene rings is 1. The molecule has 1 aliphatic rings. The first-order valence-electron chi connectivity index (χ1n) is 10.4. The summed E-state index contributed by atoms with van der Waals surface area (Å²) in [6.45, 7) is 2.59. The Morgan fingerprint density at radius 2 is 1.97 bits per heavy atom. The van der Waals surface area contributed by atoms with Gasteiger partial charge in [0.15, 0.2) is 17.2 Å². The van der Waals surface area contributed by atoms with E-state index >= 15 is 0 Å². The average molecular weight is 561 g/mol. The fraction of sp³-hybridized carbons (Fsp3) is 0.429. The number of carbonyl (C=O) groups is 2. The highest BCUT2D eigenvalue weighted by Gasteiger charge is 2.31. The summed E-state index contributed by atoms with van der Waals surface area (Å²) in [4.78, 5) is 23.0. The molecule has 33 heavy (non-hydrogen) atoms. The Kier molecular flexibility index (Phi) is 8.38. The molecule has 0 aliphatic carbocycles. The second-order valence-electron chi connectivity index (χ2n) is 7.53. The molecule has 3 rings (SSSR count). The summed E-state index contributed by atoms with van der Waals surface area (Å²) >= 11 is 4.28. The van der Waals surface area contributed by atoms with Crippen LogP contribution in [0.2, 0.25) is 0 Å². The molecule has 2 aromatic rings. The van der Waals surface area contributed by atoms with Gasteiger partial charge in [-0.1, -0.05) is 19.1 Å². The SMILES string of the molecule is CCCS(=O)(=O)N(c1cccc(-c2sc(C(=O)O)c(OCC(=O)O)c2Br)c1)C1CCNCC1. The van der Waals surface area contributed by atoms with E-state index in [2.05, 4.69) is 21.2 Å². The van der Waals surface area contributed by atoms with Gasteiger partial charge in [-0.25, -0.2) is 18.0 Å². The van der Waals surface area contributed by atoms with E-state index in [0.717, 1.165) is 24.4 Å². The Bertz CT molecular complexity index is 1130. The van der Waals surface area contributed by atoms with Gasteiger partial charge >= 0.3 is 11.9 Å². The van der Waals surface area contributed by atoms with E-state index in [1.54, 1.807) is 24.3 Å². The van der Waals surface area contributed by atoms with Gasteiger partial charge in [-0.15, -0.1) is 11.3 Å². The van der Waals surface area contributed by atoms with Crippen LogP contribution in [0, 0.1) is 0 Å². The van der Waals surface area contributed by atoms with Crippen LogP contribution in [0.3, 0.4) is 0 Å². The Balaban J connectivity index is 2.07. The molecule has 3 N–H and O–H groups in total. The van der Waals surface area contributed by atoms with E-state index in [9.17, 15) is 23.1 Å². The standard InChI is InChI=1S/C21H25BrN2O7S2/c1-2-10-33(29,30)24(14-6-8-23-9-7-14)15-5-3-4-13(11-15)19-17(22)18(31-12-16(25)26)20(32-19)21(27)28/h3-5,11,14,23H,2,6-10,12H2,1H3,(H,25,26)(H,27,28). The highest BCUT2D eigenvalue weighted by atomic mass is 79.9. The van der Waals surface area contributed by atoms with Crippen molar-refractivity contribution in [3.05, 3.63) is 33.6 Å². The fourth-order valence-corrected chi connectivity index (χ4v) is 7.47. The average Bonchev–Trinajstić information content (AvgIpc) is 3.09. The van der Waals surface area contributed by atoms with Crippen molar-refractivity contribution >= 4 is 54.9 Å². The van der Waals surface area contributed by atoms with Gasteiger partial charge in [-0.3, -0.25) is 4.31 Å². The zero-order chi connectivity index (χ0) is 24.2. The number of rotatable bonds is 10. The number of sulfonamides is 1. The third kappa shape index (κ3) is 5.86. The van der Waals surface area contributed by atoms with Crippen LogP contribution in [-0.2, 0) is 14.8 Å². The largest absolute Gasteiger partial charge is 0.479 e. The molecule has 12 heteroatoms. The Hall–Kier alpha value is -2.15. The fourth-order valence-electron chi connectivity index (χ4n) is 3.77. The van der Waals surface area contributed by atoms with Crippen molar-refractivity contribution < 1.29 is 33.0 Å². The molecule has 1 aliphatic heterocycles. The van der Waals surface area contributed by atoms with Crippen LogP contribution in [0.25, 0.3) is 10.4 Å². The highest BCUT2D eigenvalue weighted by molar-refractivity contribution is 9.10. The number of nitrogens with zero attached hydrogens (tertiary/aromatic N) is 1. The van der Waals surface area contributed by atoms with Gasteiger partial charge in [-0.05, 0) is 66.0 Å². The summed E-state index contributed by atoms with van der Waals surface area (Å²) in [6.07, 6.45) is 1.87. The number of hydrogen-bond donors (Lipinski definition) is 3. The smallest absolute Gasteiger partial charge is 0.349 e. The van der Waals surface area contributed by atoms with Gasteiger partial charge in [0.25, 0.3) is 0 Å². The number of aliphatic carboxylic acids is 1. The second kappa shape index (κ2) is 10.9. The van der Waals surface area contributed by atoms with Crippen LogP contribution < -0.4 is 14.4 Å². The van der Waals surface area contributed by atoms with Crippen molar-refractivity contribution in [2.75, 3.05) is 29.8 Å². The van der Waals surface area contributed by atoms with Crippen molar-refractivity contribution in [1.82, 2.24) is 5.32 Å². The van der Waals surface area contributed by atoms with Gasteiger partial charge in [-0.2, -0.15) is 0 Å². The van der Waals surface area contributed by atoms with Crippen LogP contribution in [0.5, 0.6) is 5.75 Å². The summed E-state index contributed by atoms with van der Waals surface area (Å²) in [5, 5.41) is 21.7.